The third kappa shape index (κ3) is 45.5. The summed E-state index contributed by atoms with van der Waals surface area (Å²) in [7, 11) is 0. The highest BCUT2D eigenvalue weighted by Gasteiger charge is 2.54. The number of hydrogen-bond acceptors (Lipinski definition) is 18. The molecule has 1 amide bonds. The van der Waals surface area contributed by atoms with E-state index in [-0.39, 0.29) is 18.9 Å². The van der Waals surface area contributed by atoms with Crippen molar-refractivity contribution >= 4 is 5.91 Å². The molecular weight excluding hydrogens is 1350 g/mol. The second-order valence-electron chi connectivity index (χ2n) is 30.3. The maximum Gasteiger partial charge on any atom is 0.220 e. The molecule has 0 saturated carbocycles. The highest BCUT2D eigenvalue weighted by molar-refractivity contribution is 5.76. The normalized spacial score (nSPS) is 26.1. The number of carbonyl (C=O) groups is 1. The van der Waals surface area contributed by atoms with Crippen molar-refractivity contribution in [3.05, 3.63) is 85.1 Å². The van der Waals surface area contributed by atoms with Gasteiger partial charge in [0.05, 0.1) is 38.6 Å². The second-order valence-corrected chi connectivity index (χ2v) is 30.3. The highest BCUT2D eigenvalue weighted by Crippen LogP contribution is 2.33. The van der Waals surface area contributed by atoms with E-state index >= 15 is 0 Å². The number of amides is 1. The van der Waals surface area contributed by atoms with Gasteiger partial charge in [0.25, 0.3) is 0 Å². The smallest absolute Gasteiger partial charge is 0.220 e. The molecule has 17 unspecified atom stereocenters. The summed E-state index contributed by atoms with van der Waals surface area (Å²) >= 11 is 0. The lowest BCUT2D eigenvalue weighted by atomic mass is 9.96. The van der Waals surface area contributed by atoms with Crippen LogP contribution in [0.5, 0.6) is 0 Å². The maximum absolute atomic E-state index is 13.5. The number of aliphatic hydroxyl groups is 11. The molecule has 106 heavy (non-hydrogen) atoms. The van der Waals surface area contributed by atoms with Gasteiger partial charge >= 0.3 is 0 Å². The van der Waals surface area contributed by atoms with Gasteiger partial charge in [0.2, 0.25) is 5.91 Å². The Bertz CT molecular complexity index is 2240. The van der Waals surface area contributed by atoms with Crippen molar-refractivity contribution in [3.63, 3.8) is 0 Å². The molecule has 0 aromatic heterocycles. The Labute approximate surface area is 641 Å². The van der Waals surface area contributed by atoms with E-state index in [1.807, 2.05) is 0 Å². The van der Waals surface area contributed by atoms with Gasteiger partial charge in [0.1, 0.15) is 73.2 Å². The predicted octanol–water partition coefficient (Wildman–Crippen LogP) is 15.3. The molecule has 0 aromatic rings. The molecule has 0 aliphatic carbocycles. The largest absolute Gasteiger partial charge is 0.394 e. The Morgan fingerprint density at radius 2 is 0.651 bits per heavy atom. The van der Waals surface area contributed by atoms with Gasteiger partial charge in [-0.15, -0.1) is 0 Å². The topological polar surface area (TPSA) is 307 Å². The van der Waals surface area contributed by atoms with Crippen molar-refractivity contribution in [2.45, 2.75) is 433 Å². The highest BCUT2D eigenvalue weighted by atomic mass is 16.8. The molecule has 0 spiro atoms. The number of carbonyl (C=O) groups excluding carboxylic acids is 1. The van der Waals surface area contributed by atoms with E-state index in [1.165, 1.54) is 205 Å². The summed E-state index contributed by atoms with van der Waals surface area (Å²) in [4.78, 5) is 13.5. The Morgan fingerprint density at radius 1 is 0.349 bits per heavy atom. The van der Waals surface area contributed by atoms with Gasteiger partial charge in [-0.2, -0.15) is 0 Å². The zero-order valence-corrected chi connectivity index (χ0v) is 66.2. The molecular formula is C87H155NO18. The van der Waals surface area contributed by atoms with Crippen LogP contribution >= 0.6 is 0 Å². The van der Waals surface area contributed by atoms with Crippen molar-refractivity contribution in [2.75, 3.05) is 26.4 Å². The van der Waals surface area contributed by atoms with Crippen LogP contribution in [0.2, 0.25) is 0 Å². The first-order valence-electron chi connectivity index (χ1n) is 42.8. The van der Waals surface area contributed by atoms with Gasteiger partial charge in [-0.1, -0.05) is 336 Å². The van der Waals surface area contributed by atoms with Crippen molar-refractivity contribution in [1.82, 2.24) is 5.32 Å². The molecule has 19 nitrogen and oxygen atoms in total. The van der Waals surface area contributed by atoms with E-state index in [0.29, 0.717) is 12.8 Å². The van der Waals surface area contributed by atoms with Crippen molar-refractivity contribution in [1.29, 1.82) is 0 Å². The summed E-state index contributed by atoms with van der Waals surface area (Å²) in [5.41, 5.74) is 0. The van der Waals surface area contributed by atoms with Gasteiger partial charge < -0.3 is 89.9 Å². The van der Waals surface area contributed by atoms with Crippen molar-refractivity contribution < 1.29 is 89.4 Å². The van der Waals surface area contributed by atoms with Crippen molar-refractivity contribution in [2.24, 2.45) is 0 Å². The van der Waals surface area contributed by atoms with Gasteiger partial charge in [-0.25, -0.2) is 0 Å². The molecule has 616 valence electrons. The van der Waals surface area contributed by atoms with E-state index in [1.54, 1.807) is 0 Å². The van der Waals surface area contributed by atoms with Crippen LogP contribution in [0.15, 0.2) is 85.1 Å². The number of unbranched alkanes of at least 4 members (excludes halogenated alkanes) is 38. The van der Waals surface area contributed by atoms with E-state index in [2.05, 4.69) is 104 Å². The second kappa shape index (κ2) is 66.6. The Balaban J connectivity index is 1.30. The zero-order valence-electron chi connectivity index (χ0n) is 66.2. The van der Waals surface area contributed by atoms with E-state index in [4.69, 9.17) is 28.4 Å². The van der Waals surface area contributed by atoms with Gasteiger partial charge in [-0.3, -0.25) is 4.79 Å². The first-order chi connectivity index (χ1) is 51.8. The lowest BCUT2D eigenvalue weighted by molar-refractivity contribution is -0.379. The van der Waals surface area contributed by atoms with E-state index in [9.17, 15) is 61.0 Å². The monoisotopic (exact) mass is 1500 g/mol. The molecule has 12 N–H and O–H groups in total. The lowest BCUT2D eigenvalue weighted by Crippen LogP contribution is -2.66. The van der Waals surface area contributed by atoms with Gasteiger partial charge in [0.15, 0.2) is 18.9 Å². The average Bonchev–Trinajstić information content (AvgIpc) is 0.780. The number of ether oxygens (including phenoxy) is 6. The van der Waals surface area contributed by atoms with Crippen LogP contribution in [-0.2, 0) is 33.2 Å². The Kier molecular flexibility index (Phi) is 61.0. The molecule has 0 aromatic carbocycles. The molecule has 0 radical (unpaired) electrons. The summed E-state index contributed by atoms with van der Waals surface area (Å²) in [6, 6.07) is -0.890. The molecule has 3 rings (SSSR count). The minimum atomic E-state index is -1.97. The van der Waals surface area contributed by atoms with Gasteiger partial charge in [0, 0.05) is 6.42 Å². The Hall–Kier alpha value is -3.03. The molecule has 3 aliphatic heterocycles. The lowest BCUT2D eigenvalue weighted by Gasteiger charge is -2.48. The first kappa shape index (κ1) is 97.2. The minimum absolute atomic E-state index is 0.239. The molecule has 19 heteroatoms. The summed E-state index contributed by atoms with van der Waals surface area (Å²) < 4.78 is 34.5. The number of nitrogens with one attached hydrogen (secondary N) is 1. The quantitative estimate of drug-likeness (QED) is 0.0199. The van der Waals surface area contributed by atoms with Crippen LogP contribution < -0.4 is 5.32 Å². The molecule has 3 heterocycles. The summed E-state index contributed by atoms with van der Waals surface area (Å²) in [6.07, 6.45) is 62.5. The number of aliphatic hydroxyl groups excluding tert-OH is 11. The third-order valence-corrected chi connectivity index (χ3v) is 21.0. The third-order valence-electron chi connectivity index (χ3n) is 21.0. The van der Waals surface area contributed by atoms with E-state index in [0.717, 1.165) is 89.9 Å². The fraction of sp³-hybridized carbons (Fsp3) is 0.828. The molecule has 3 aliphatic rings. The zero-order chi connectivity index (χ0) is 76.7. The standard InChI is InChI=1S/C87H155NO18/c1-3-5-7-9-11-13-15-17-19-21-23-25-26-27-28-29-30-31-32-33-34-35-36-37-38-39-40-41-42-43-44-45-47-49-51-53-55-57-59-61-63-65-75(93)88-70(71(92)64-62-60-58-56-54-52-50-48-46-24-22-20-18-16-14-12-10-8-6-4-2)69-101-85-81(99)78(96)83(73(67-90)103-85)106-87-82(100)79(97)84(74(68-91)104-87)105-86-80(98)77(95)76(94)72(66-89)102-86/h5,7,11,13,17,19,23,25,27-28,30-31,33-34,70-74,76-87,89-92,94-100H,3-4,6,8-10,12,14-16,18,20-22,24,26,29,32,35-69H2,1-2H3,(H,88,93)/b7-5-,13-11-,19-17-,25-23-,28-27-,31-30-,34-33-. The van der Waals surface area contributed by atoms with Gasteiger partial charge in [-0.05, 0) is 70.6 Å². The minimum Gasteiger partial charge on any atom is -0.394 e. The predicted molar refractivity (Wildman–Crippen MR) is 424 cm³/mol. The summed E-state index contributed by atoms with van der Waals surface area (Å²) in [5.74, 6) is -0.239. The van der Waals surface area contributed by atoms with Crippen LogP contribution in [0.25, 0.3) is 0 Å². The van der Waals surface area contributed by atoms with E-state index < -0.39 is 124 Å². The number of allylic oxidation sites excluding steroid dienone is 14. The SMILES string of the molecule is CC/C=C\C/C=C\C/C=C\C/C=C\C/C=C\C/C=C\C/C=C\CCCCCCCCCCCCCCCCCCCCCC(=O)NC(COC1OC(CO)C(OC2OC(CO)C(OC3OC(CO)C(O)C(O)C3O)C(O)C2O)C(O)C1O)C(O)CCCCCCCCCCCCCCCCCCCCCC. The fourth-order valence-electron chi connectivity index (χ4n) is 14.2. The summed E-state index contributed by atoms with van der Waals surface area (Å²) in [6.45, 7) is 1.72. The molecule has 0 bridgehead atoms. The average molecular weight is 1500 g/mol. The maximum atomic E-state index is 13.5. The van der Waals surface area contributed by atoms with Crippen LogP contribution in [0.1, 0.15) is 328 Å². The van der Waals surface area contributed by atoms with Crippen LogP contribution in [0, 0.1) is 0 Å². The Morgan fingerprint density at radius 3 is 1.02 bits per heavy atom. The number of rotatable bonds is 68. The fourth-order valence-corrected chi connectivity index (χ4v) is 14.2. The van der Waals surface area contributed by atoms with Crippen molar-refractivity contribution in [3.8, 4) is 0 Å². The van der Waals surface area contributed by atoms with Crippen LogP contribution in [0.4, 0.5) is 0 Å². The summed E-state index contributed by atoms with van der Waals surface area (Å²) in [5, 5.41) is 121. The molecule has 3 saturated heterocycles. The molecule has 17 atom stereocenters. The first-order valence-corrected chi connectivity index (χ1v) is 42.8. The number of hydrogen-bond donors (Lipinski definition) is 12. The van der Waals surface area contributed by atoms with Crippen LogP contribution in [0.3, 0.4) is 0 Å². The van der Waals surface area contributed by atoms with Crippen LogP contribution in [-0.4, -0.2) is 193 Å². The molecule has 3 fully saturated rings.